The first-order valence-corrected chi connectivity index (χ1v) is 13.6. The van der Waals surface area contributed by atoms with Crippen molar-refractivity contribution in [3.05, 3.63) is 60.3 Å². The highest BCUT2D eigenvalue weighted by atomic mass is 19.4. The molecule has 0 unspecified atom stereocenters. The fourth-order valence-corrected chi connectivity index (χ4v) is 5.70. The van der Waals surface area contributed by atoms with Crippen molar-refractivity contribution in [2.45, 2.75) is 38.2 Å². The zero-order valence-electron chi connectivity index (χ0n) is 22.1. The summed E-state index contributed by atoms with van der Waals surface area (Å²) >= 11 is 0. The van der Waals surface area contributed by atoms with Gasteiger partial charge in [-0.1, -0.05) is 12.1 Å². The molecule has 1 N–H and O–H groups in total. The molecule has 3 aromatic rings. The Morgan fingerprint density at radius 2 is 1.63 bits per heavy atom. The van der Waals surface area contributed by atoms with E-state index in [0.717, 1.165) is 25.0 Å². The van der Waals surface area contributed by atoms with E-state index in [0.29, 0.717) is 67.8 Å². The molecule has 12 heteroatoms. The third kappa shape index (κ3) is 6.97. The Labute approximate surface area is 233 Å². The molecule has 1 aliphatic carbocycles. The molecule has 2 fully saturated rings. The molecule has 0 radical (unpaired) electrons. The molecule has 2 aliphatic rings. The third-order valence-corrected chi connectivity index (χ3v) is 7.87. The van der Waals surface area contributed by atoms with Crippen LogP contribution in [0.25, 0.3) is 10.9 Å². The topological polar surface area (TPSA) is 57.7 Å². The Morgan fingerprint density at radius 3 is 2.32 bits per heavy atom. The van der Waals surface area contributed by atoms with Crippen molar-refractivity contribution in [1.82, 2.24) is 9.88 Å². The van der Waals surface area contributed by atoms with Crippen molar-refractivity contribution in [3.63, 3.8) is 0 Å². The molecule has 1 aromatic heterocycles. The first kappa shape index (κ1) is 28.8. The summed E-state index contributed by atoms with van der Waals surface area (Å²) in [4.78, 5) is 21.0. The van der Waals surface area contributed by atoms with Crippen LogP contribution >= 0.6 is 0 Å². The summed E-state index contributed by atoms with van der Waals surface area (Å²) < 4.78 is 82.2. The van der Waals surface area contributed by atoms with Gasteiger partial charge in [0.2, 0.25) is 5.91 Å². The lowest BCUT2D eigenvalue weighted by molar-refractivity contribution is -0.274. The number of piperazine rings is 1. The number of pyridine rings is 1. The van der Waals surface area contributed by atoms with Crippen LogP contribution in [-0.4, -0.2) is 54.9 Å². The van der Waals surface area contributed by atoms with Crippen molar-refractivity contribution < 1.29 is 35.9 Å². The number of fused-ring (bicyclic) bond motifs is 1. The maximum Gasteiger partial charge on any atom is 0.573 e. The van der Waals surface area contributed by atoms with Gasteiger partial charge in [-0.05, 0) is 68.0 Å². The zero-order chi connectivity index (χ0) is 29.2. The first-order valence-electron chi connectivity index (χ1n) is 13.6. The molecular formula is C29H30F6N4O2. The largest absolute Gasteiger partial charge is 0.573 e. The van der Waals surface area contributed by atoms with Crippen molar-refractivity contribution in [2.75, 3.05) is 42.9 Å². The summed E-state index contributed by atoms with van der Waals surface area (Å²) in [6, 6.07) is 11.2. The lowest BCUT2D eigenvalue weighted by atomic mass is 9.81. The van der Waals surface area contributed by atoms with Gasteiger partial charge in [-0.25, -0.2) is 0 Å². The van der Waals surface area contributed by atoms with Gasteiger partial charge in [0.1, 0.15) is 0 Å². The minimum atomic E-state index is -4.79. The molecule has 1 saturated heterocycles. The second-order valence-corrected chi connectivity index (χ2v) is 10.5. The predicted molar refractivity (Wildman–Crippen MR) is 143 cm³/mol. The van der Waals surface area contributed by atoms with Gasteiger partial charge < -0.3 is 19.9 Å². The van der Waals surface area contributed by atoms with Gasteiger partial charge >= 0.3 is 12.5 Å². The number of nitrogens with zero attached hydrogens (tertiary/aromatic N) is 3. The summed E-state index contributed by atoms with van der Waals surface area (Å²) in [6.45, 7) is 2.21. The van der Waals surface area contributed by atoms with Gasteiger partial charge in [-0.2, -0.15) is 13.2 Å². The predicted octanol–water partition coefficient (Wildman–Crippen LogP) is 6.72. The maximum absolute atomic E-state index is 13.2. The number of hydrogen-bond acceptors (Lipinski definition) is 5. The average molecular weight is 581 g/mol. The molecule has 41 heavy (non-hydrogen) atoms. The molecule has 0 spiro atoms. The standard InChI is InChI=1S/C29H30F6N4O2/c30-28(31,32)21-9-10-23-22(17-21)24(11-12-36-23)37-18-19-5-7-20(8-6-19)27(40)39-15-13-38(14-16-39)25-3-1-2-4-26(25)41-29(33,34)35/h1-4,9-12,17,19-20H,5-8,13-16,18H2,(H,36,37). The third-order valence-electron chi connectivity index (χ3n) is 7.87. The van der Waals surface area contributed by atoms with Gasteiger partial charge in [-0.15, -0.1) is 13.2 Å². The minimum Gasteiger partial charge on any atom is -0.404 e. The van der Waals surface area contributed by atoms with Crippen LogP contribution in [0.1, 0.15) is 31.2 Å². The fraction of sp³-hybridized carbons (Fsp3) is 0.448. The minimum absolute atomic E-state index is 0.0655. The van der Waals surface area contributed by atoms with E-state index in [2.05, 4.69) is 15.0 Å². The lowest BCUT2D eigenvalue weighted by Crippen LogP contribution is -2.51. The molecule has 5 rings (SSSR count). The maximum atomic E-state index is 13.2. The van der Waals surface area contributed by atoms with Gasteiger partial charge in [0.25, 0.3) is 0 Å². The van der Waals surface area contributed by atoms with Crippen LogP contribution in [-0.2, 0) is 11.0 Å². The molecule has 0 bridgehead atoms. The SMILES string of the molecule is O=C(C1CCC(CNc2ccnc3ccc(C(F)(F)F)cc23)CC1)N1CCN(c2ccccc2OC(F)(F)F)CC1. The van der Waals surface area contributed by atoms with E-state index in [9.17, 15) is 31.1 Å². The quantitative estimate of drug-likeness (QED) is 0.328. The second-order valence-electron chi connectivity index (χ2n) is 10.5. The number of nitrogens with one attached hydrogen (secondary N) is 1. The Morgan fingerprint density at radius 1 is 0.927 bits per heavy atom. The second kappa shape index (κ2) is 11.7. The number of amides is 1. The highest BCUT2D eigenvalue weighted by molar-refractivity contribution is 5.91. The van der Waals surface area contributed by atoms with Crippen LogP contribution < -0.4 is 15.0 Å². The van der Waals surface area contributed by atoms with Gasteiger partial charge in [0.05, 0.1) is 16.8 Å². The number of aromatic nitrogens is 1. The fourth-order valence-electron chi connectivity index (χ4n) is 5.70. The van der Waals surface area contributed by atoms with Crippen LogP contribution in [0.4, 0.5) is 37.7 Å². The zero-order valence-corrected chi connectivity index (χ0v) is 22.1. The van der Waals surface area contributed by atoms with E-state index in [1.54, 1.807) is 34.2 Å². The summed E-state index contributed by atoms with van der Waals surface area (Å²) in [6.07, 6.45) is -4.62. The number of benzene rings is 2. The highest BCUT2D eigenvalue weighted by Crippen LogP contribution is 2.36. The van der Waals surface area contributed by atoms with Crippen molar-refractivity contribution in [3.8, 4) is 5.75 Å². The van der Waals surface area contributed by atoms with E-state index in [-0.39, 0.29) is 23.5 Å². The van der Waals surface area contributed by atoms with E-state index in [1.165, 1.54) is 18.2 Å². The molecule has 2 heterocycles. The van der Waals surface area contributed by atoms with E-state index >= 15 is 0 Å². The number of ether oxygens (including phenoxy) is 1. The Bertz CT molecular complexity index is 1360. The Balaban J connectivity index is 1.12. The van der Waals surface area contributed by atoms with Crippen molar-refractivity contribution >= 4 is 28.2 Å². The highest BCUT2D eigenvalue weighted by Gasteiger charge is 2.35. The van der Waals surface area contributed by atoms with E-state index < -0.39 is 18.1 Å². The molecule has 1 aliphatic heterocycles. The molecule has 0 atom stereocenters. The molecule has 2 aromatic carbocycles. The number of alkyl halides is 6. The first-order chi connectivity index (χ1) is 19.5. The number of para-hydroxylation sites is 2. The smallest absolute Gasteiger partial charge is 0.404 e. The number of halogens is 6. The number of anilines is 2. The van der Waals surface area contributed by atoms with Crippen LogP contribution in [0.15, 0.2) is 54.7 Å². The normalized spacial score (nSPS) is 20.2. The van der Waals surface area contributed by atoms with E-state index in [4.69, 9.17) is 0 Å². The summed E-state index contributed by atoms with van der Waals surface area (Å²) in [7, 11) is 0. The molecule has 220 valence electrons. The number of carbonyl (C=O) groups excluding carboxylic acids is 1. The van der Waals surface area contributed by atoms with Crippen LogP contribution in [0.5, 0.6) is 5.75 Å². The molecule has 1 amide bonds. The number of rotatable bonds is 6. The summed E-state index contributed by atoms with van der Waals surface area (Å²) in [5.41, 5.74) is 0.703. The Hall–Kier alpha value is -3.70. The number of carbonyl (C=O) groups is 1. The van der Waals surface area contributed by atoms with Gasteiger partial charge in [-0.3, -0.25) is 9.78 Å². The molecule has 6 nitrogen and oxygen atoms in total. The number of hydrogen-bond donors (Lipinski definition) is 1. The molecule has 1 saturated carbocycles. The monoisotopic (exact) mass is 580 g/mol. The van der Waals surface area contributed by atoms with Crippen LogP contribution in [0.3, 0.4) is 0 Å². The molecular weight excluding hydrogens is 550 g/mol. The van der Waals surface area contributed by atoms with Gasteiger partial charge in [0.15, 0.2) is 5.75 Å². The lowest BCUT2D eigenvalue weighted by Gasteiger charge is -2.39. The average Bonchev–Trinajstić information content (AvgIpc) is 2.95. The van der Waals surface area contributed by atoms with Crippen molar-refractivity contribution in [2.24, 2.45) is 11.8 Å². The Kier molecular flexibility index (Phi) is 8.19. The van der Waals surface area contributed by atoms with Crippen LogP contribution in [0.2, 0.25) is 0 Å². The summed E-state index contributed by atoms with van der Waals surface area (Å²) in [5.74, 6) is -0.0345. The van der Waals surface area contributed by atoms with Gasteiger partial charge in [0, 0.05) is 55.9 Å². The van der Waals surface area contributed by atoms with Crippen molar-refractivity contribution in [1.29, 1.82) is 0 Å². The van der Waals surface area contributed by atoms with E-state index in [1.807, 2.05) is 0 Å². The van der Waals surface area contributed by atoms with Crippen LogP contribution in [0, 0.1) is 11.8 Å². The summed E-state index contributed by atoms with van der Waals surface area (Å²) in [5, 5.41) is 3.71.